The lowest BCUT2D eigenvalue weighted by molar-refractivity contribution is -0.107. The van der Waals surface area contributed by atoms with E-state index < -0.39 is 0 Å². The summed E-state index contributed by atoms with van der Waals surface area (Å²) < 4.78 is 0. The van der Waals surface area contributed by atoms with Crippen LogP contribution in [0, 0.1) is 0 Å². The minimum atomic E-state index is -0.300. The van der Waals surface area contributed by atoms with E-state index in [0.717, 1.165) is 5.56 Å². The van der Waals surface area contributed by atoms with Crippen LogP contribution in [0.15, 0.2) is 22.5 Å². The molecule has 1 N–H and O–H groups in total. The van der Waals surface area contributed by atoms with E-state index in [9.17, 15) is 9.59 Å². The van der Waals surface area contributed by atoms with Crippen molar-refractivity contribution >= 4 is 39.5 Å². The number of hydrogen-bond acceptors (Lipinski definition) is 4. The molecule has 0 radical (unpaired) electrons. The van der Waals surface area contributed by atoms with Gasteiger partial charge in [0.15, 0.2) is 0 Å². The van der Waals surface area contributed by atoms with Crippen molar-refractivity contribution < 1.29 is 9.59 Å². The van der Waals surface area contributed by atoms with Crippen LogP contribution in [0.25, 0.3) is 6.08 Å². The summed E-state index contributed by atoms with van der Waals surface area (Å²) in [7, 11) is 0. The minimum absolute atomic E-state index is 0.212. The van der Waals surface area contributed by atoms with Crippen molar-refractivity contribution in [2.45, 2.75) is 0 Å². The van der Waals surface area contributed by atoms with Crippen LogP contribution in [0.2, 0.25) is 0 Å². The van der Waals surface area contributed by atoms with Gasteiger partial charge in [0.2, 0.25) is 5.12 Å². The lowest BCUT2D eigenvalue weighted by Crippen LogP contribution is -2.10. The molecule has 2 rings (SSSR count). The molecule has 1 saturated heterocycles. The second kappa shape index (κ2) is 3.35. The number of nitrogens with one attached hydrogen (secondary N) is 1. The molecule has 5 heteroatoms. The van der Waals surface area contributed by atoms with Crippen molar-refractivity contribution in [2.75, 3.05) is 0 Å². The summed E-state index contributed by atoms with van der Waals surface area (Å²) >= 11 is 2.25. The Balaban J connectivity index is 2.27. The summed E-state index contributed by atoms with van der Waals surface area (Å²) in [6.07, 6.45) is 1.68. The molecule has 1 amide bonds. The molecule has 0 spiro atoms. The smallest absolute Gasteiger partial charge is 0.291 e. The van der Waals surface area contributed by atoms with Gasteiger partial charge in [0, 0.05) is 11.8 Å². The van der Waals surface area contributed by atoms with E-state index in [4.69, 9.17) is 0 Å². The molecular weight excluding hydrogens is 206 g/mol. The maximum Gasteiger partial charge on any atom is 0.291 e. The third-order valence-electron chi connectivity index (χ3n) is 1.50. The number of rotatable bonds is 1. The van der Waals surface area contributed by atoms with Gasteiger partial charge >= 0.3 is 0 Å². The van der Waals surface area contributed by atoms with Crippen molar-refractivity contribution in [1.82, 2.24) is 5.32 Å². The maximum absolute atomic E-state index is 11.1. The summed E-state index contributed by atoms with van der Waals surface area (Å²) in [5.41, 5.74) is 1.31. The molecule has 2 heterocycles. The van der Waals surface area contributed by atoms with Crippen LogP contribution in [0.1, 0.15) is 5.56 Å². The zero-order valence-electron chi connectivity index (χ0n) is 6.44. The molecule has 0 atom stereocenters. The summed E-state index contributed by atoms with van der Waals surface area (Å²) in [6.45, 7) is 0. The molecule has 1 aliphatic heterocycles. The Hall–Kier alpha value is -1.07. The Morgan fingerprint density at radius 2 is 2.23 bits per heavy atom. The van der Waals surface area contributed by atoms with Gasteiger partial charge in [0.25, 0.3) is 5.24 Å². The quantitative estimate of drug-likeness (QED) is 0.723. The minimum Gasteiger partial charge on any atom is -0.313 e. The van der Waals surface area contributed by atoms with Gasteiger partial charge < -0.3 is 5.32 Å². The molecule has 3 nitrogen and oxygen atoms in total. The Labute approximate surface area is 82.8 Å². The number of amides is 1. The monoisotopic (exact) mass is 211 g/mol. The molecule has 0 bridgehead atoms. The predicted octanol–water partition coefficient (Wildman–Crippen LogP) is 2.07. The first-order valence-electron chi connectivity index (χ1n) is 3.53. The van der Waals surface area contributed by atoms with Crippen LogP contribution in [0.5, 0.6) is 0 Å². The molecule has 1 aromatic heterocycles. The van der Waals surface area contributed by atoms with Crippen molar-refractivity contribution in [2.24, 2.45) is 0 Å². The van der Waals surface area contributed by atoms with Gasteiger partial charge in [-0.2, -0.15) is 11.3 Å². The van der Waals surface area contributed by atoms with E-state index in [2.05, 4.69) is 5.32 Å². The number of carbonyl (C=O) groups is 2. The number of thiophene rings is 1. The van der Waals surface area contributed by atoms with E-state index in [1.807, 2.05) is 16.8 Å². The fourth-order valence-corrected chi connectivity index (χ4v) is 2.11. The lowest BCUT2D eigenvalue weighted by atomic mass is 10.3. The summed E-state index contributed by atoms with van der Waals surface area (Å²) in [6, 6.07) is 1.89. The second-order valence-corrected chi connectivity index (χ2v) is 4.14. The van der Waals surface area contributed by atoms with E-state index in [1.54, 1.807) is 17.4 Å². The van der Waals surface area contributed by atoms with Crippen LogP contribution < -0.4 is 5.32 Å². The second-order valence-electron chi connectivity index (χ2n) is 2.42. The first-order valence-corrected chi connectivity index (χ1v) is 5.29. The van der Waals surface area contributed by atoms with Crippen LogP contribution in [-0.2, 0) is 4.79 Å². The average molecular weight is 211 g/mol. The zero-order valence-corrected chi connectivity index (χ0v) is 8.08. The van der Waals surface area contributed by atoms with Crippen LogP contribution in [-0.4, -0.2) is 10.4 Å². The normalized spacial score (nSPS) is 19.5. The summed E-state index contributed by atoms with van der Waals surface area (Å²) in [5, 5.41) is 5.80. The Morgan fingerprint density at radius 3 is 2.77 bits per heavy atom. The largest absolute Gasteiger partial charge is 0.313 e. The van der Waals surface area contributed by atoms with Crippen molar-refractivity contribution in [1.29, 1.82) is 0 Å². The van der Waals surface area contributed by atoms with E-state index in [1.165, 1.54) is 0 Å². The van der Waals surface area contributed by atoms with E-state index in [0.29, 0.717) is 17.5 Å². The summed E-state index contributed by atoms with van der Waals surface area (Å²) in [5.74, 6) is 0. The Morgan fingerprint density at radius 1 is 1.38 bits per heavy atom. The average Bonchev–Trinajstić information content (AvgIpc) is 2.63. The molecule has 66 valence electrons. The Bertz CT molecular complexity index is 381. The molecule has 1 aliphatic rings. The molecule has 0 saturated carbocycles. The van der Waals surface area contributed by atoms with Crippen molar-refractivity contribution in [3.63, 3.8) is 0 Å². The lowest BCUT2D eigenvalue weighted by Gasteiger charge is -1.91. The Kier molecular flexibility index (Phi) is 2.20. The third-order valence-corrected chi connectivity index (χ3v) is 2.89. The van der Waals surface area contributed by atoms with Gasteiger partial charge in [-0.15, -0.1) is 0 Å². The maximum atomic E-state index is 11.1. The highest BCUT2D eigenvalue weighted by Crippen LogP contribution is 2.21. The van der Waals surface area contributed by atoms with Crippen LogP contribution in [0.4, 0.5) is 4.79 Å². The standard InChI is InChI=1S/C8H5NO2S2/c10-7-6(9-8(11)13-7)3-5-1-2-12-4-5/h1-4H,(H,9,11). The van der Waals surface area contributed by atoms with Gasteiger partial charge in [0.05, 0.1) is 5.70 Å². The number of carbonyl (C=O) groups excluding carboxylic acids is 2. The SMILES string of the molecule is O=C1NC(=Cc2ccsc2)C(=O)S1. The molecular formula is C8H5NO2S2. The molecule has 0 unspecified atom stereocenters. The number of hydrogen-bond donors (Lipinski definition) is 1. The van der Waals surface area contributed by atoms with Gasteiger partial charge in [0.1, 0.15) is 0 Å². The van der Waals surface area contributed by atoms with Crippen LogP contribution in [0.3, 0.4) is 0 Å². The third kappa shape index (κ3) is 1.81. The summed E-state index contributed by atoms with van der Waals surface area (Å²) in [4.78, 5) is 21.9. The zero-order chi connectivity index (χ0) is 9.26. The fraction of sp³-hybridized carbons (Fsp3) is 0. The highest BCUT2D eigenvalue weighted by atomic mass is 32.2. The topological polar surface area (TPSA) is 46.2 Å². The van der Waals surface area contributed by atoms with Gasteiger partial charge in [-0.1, -0.05) is 0 Å². The first-order chi connectivity index (χ1) is 6.25. The molecule has 1 fully saturated rings. The van der Waals surface area contributed by atoms with E-state index >= 15 is 0 Å². The molecule has 13 heavy (non-hydrogen) atoms. The van der Waals surface area contributed by atoms with Gasteiger partial charge in [-0.05, 0) is 28.5 Å². The first kappa shape index (κ1) is 8.52. The number of thioether (sulfide) groups is 1. The predicted molar refractivity (Wildman–Crippen MR) is 53.4 cm³/mol. The highest BCUT2D eigenvalue weighted by molar-refractivity contribution is 8.27. The van der Waals surface area contributed by atoms with Gasteiger partial charge in [-0.25, -0.2) is 0 Å². The van der Waals surface area contributed by atoms with Gasteiger partial charge in [-0.3, -0.25) is 9.59 Å². The van der Waals surface area contributed by atoms with Crippen molar-refractivity contribution in [3.8, 4) is 0 Å². The molecule has 1 aromatic rings. The fourth-order valence-electron chi connectivity index (χ4n) is 0.944. The molecule has 0 aromatic carbocycles. The van der Waals surface area contributed by atoms with Crippen molar-refractivity contribution in [3.05, 3.63) is 28.1 Å². The van der Waals surface area contributed by atoms with E-state index in [-0.39, 0.29) is 10.4 Å². The van der Waals surface area contributed by atoms with Crippen LogP contribution >= 0.6 is 23.1 Å². The highest BCUT2D eigenvalue weighted by Gasteiger charge is 2.24. The molecule has 0 aliphatic carbocycles.